The van der Waals surface area contributed by atoms with Crippen molar-refractivity contribution >= 4 is 34.0 Å². The number of hydrogen-bond donors (Lipinski definition) is 0. The number of aromatic nitrogens is 1. The first kappa shape index (κ1) is 16.3. The average molecular weight is 344 g/mol. The van der Waals surface area contributed by atoms with Crippen LogP contribution in [0.2, 0.25) is 10.0 Å². The van der Waals surface area contributed by atoms with Gasteiger partial charge in [-0.25, -0.2) is 0 Å². The third-order valence-corrected chi connectivity index (χ3v) is 4.75. The van der Waals surface area contributed by atoms with Crippen LogP contribution in [0.5, 0.6) is 5.75 Å². The van der Waals surface area contributed by atoms with E-state index in [4.69, 9.17) is 27.9 Å². The molecule has 0 saturated carbocycles. The number of methoxy groups -OCH3 is 1. The highest BCUT2D eigenvalue weighted by molar-refractivity contribution is 7.84. The summed E-state index contributed by atoms with van der Waals surface area (Å²) in [5, 5.41) is 0.938. The topological polar surface area (TPSA) is 39.2 Å². The normalized spacial score (nSPS) is 12.1. The third-order valence-electron chi connectivity index (χ3n) is 2.96. The second kappa shape index (κ2) is 7.78. The number of aryl methyl sites for hydroxylation is 1. The molecule has 0 aliphatic carbocycles. The molecule has 112 valence electrons. The molecule has 1 unspecified atom stereocenters. The number of nitrogens with zero attached hydrogens (tertiary/aromatic N) is 1. The predicted octanol–water partition coefficient (Wildman–Crippen LogP) is 3.89. The van der Waals surface area contributed by atoms with E-state index in [9.17, 15) is 4.21 Å². The maximum atomic E-state index is 12.1. The fraction of sp³-hybridized carbons (Fsp3) is 0.267. The highest BCUT2D eigenvalue weighted by Crippen LogP contribution is 2.20. The average Bonchev–Trinajstić information content (AvgIpc) is 2.48. The lowest BCUT2D eigenvalue weighted by Gasteiger charge is -2.05. The largest absolute Gasteiger partial charge is 0.497 e. The van der Waals surface area contributed by atoms with Crippen molar-refractivity contribution in [1.82, 2.24) is 4.98 Å². The molecule has 6 heteroatoms. The molecular weight excluding hydrogens is 329 g/mol. The summed E-state index contributed by atoms with van der Waals surface area (Å²) in [5.74, 6) is 1.72. The molecule has 0 aliphatic heterocycles. The number of benzene rings is 1. The summed E-state index contributed by atoms with van der Waals surface area (Å²) in [6.45, 7) is 0. The standard InChI is InChI=1S/C15H15Cl2NO2S/c1-20-13-4-2-11(3-5-13)6-7-21(19)10-15-14(17)8-12(16)9-18-15/h2-5,8-9H,6-7,10H2,1H3. The monoisotopic (exact) mass is 343 g/mol. The Balaban J connectivity index is 1.89. The fourth-order valence-corrected chi connectivity index (χ4v) is 3.47. The lowest BCUT2D eigenvalue weighted by atomic mass is 10.2. The van der Waals surface area contributed by atoms with E-state index >= 15 is 0 Å². The van der Waals surface area contributed by atoms with Crippen LogP contribution in [-0.4, -0.2) is 22.1 Å². The molecule has 0 fully saturated rings. The minimum atomic E-state index is -1.02. The summed E-state index contributed by atoms with van der Waals surface area (Å²) in [4.78, 5) is 4.12. The van der Waals surface area contributed by atoms with Crippen molar-refractivity contribution in [3.8, 4) is 5.75 Å². The van der Waals surface area contributed by atoms with Crippen molar-refractivity contribution in [3.63, 3.8) is 0 Å². The summed E-state index contributed by atoms with van der Waals surface area (Å²) in [7, 11) is 0.615. The second-order valence-corrected chi connectivity index (χ2v) is 6.89. The van der Waals surface area contributed by atoms with Crippen LogP contribution in [0.4, 0.5) is 0 Å². The molecule has 0 saturated heterocycles. The Morgan fingerprint density at radius 1 is 1.24 bits per heavy atom. The van der Waals surface area contributed by atoms with Gasteiger partial charge in [-0.15, -0.1) is 0 Å². The van der Waals surface area contributed by atoms with Crippen LogP contribution in [0.1, 0.15) is 11.3 Å². The minimum Gasteiger partial charge on any atom is -0.497 e. The zero-order valence-corrected chi connectivity index (χ0v) is 13.8. The van der Waals surface area contributed by atoms with E-state index in [0.717, 1.165) is 17.7 Å². The van der Waals surface area contributed by atoms with Gasteiger partial charge in [-0.05, 0) is 30.2 Å². The van der Waals surface area contributed by atoms with E-state index in [2.05, 4.69) is 4.98 Å². The van der Waals surface area contributed by atoms with Gasteiger partial charge >= 0.3 is 0 Å². The van der Waals surface area contributed by atoms with Crippen LogP contribution >= 0.6 is 23.2 Å². The number of pyridine rings is 1. The molecule has 0 aliphatic rings. The number of ether oxygens (including phenoxy) is 1. The molecule has 2 aromatic rings. The lowest BCUT2D eigenvalue weighted by Crippen LogP contribution is -2.05. The highest BCUT2D eigenvalue weighted by Gasteiger charge is 2.08. The first-order valence-electron chi connectivity index (χ1n) is 6.36. The number of halogens is 2. The van der Waals surface area contributed by atoms with Gasteiger partial charge in [0.05, 0.1) is 28.6 Å². The molecule has 21 heavy (non-hydrogen) atoms. The zero-order valence-electron chi connectivity index (χ0n) is 11.5. The van der Waals surface area contributed by atoms with E-state index in [1.807, 2.05) is 24.3 Å². The molecular formula is C15H15Cl2NO2S. The summed E-state index contributed by atoms with van der Waals surface area (Å²) in [6, 6.07) is 9.37. The summed E-state index contributed by atoms with van der Waals surface area (Å²) in [5.41, 5.74) is 1.74. The molecule has 0 bridgehead atoms. The van der Waals surface area contributed by atoms with Crippen molar-refractivity contribution in [1.29, 1.82) is 0 Å². The highest BCUT2D eigenvalue weighted by atomic mass is 35.5. The van der Waals surface area contributed by atoms with E-state index in [1.165, 1.54) is 6.20 Å². The maximum absolute atomic E-state index is 12.1. The van der Waals surface area contributed by atoms with Gasteiger partial charge in [0.15, 0.2) is 0 Å². The van der Waals surface area contributed by atoms with Gasteiger partial charge in [0.1, 0.15) is 5.75 Å². The van der Waals surface area contributed by atoms with Crippen LogP contribution in [0, 0.1) is 0 Å². The van der Waals surface area contributed by atoms with Crippen molar-refractivity contribution in [3.05, 3.63) is 57.8 Å². The molecule has 0 N–H and O–H groups in total. The smallest absolute Gasteiger partial charge is 0.118 e. The van der Waals surface area contributed by atoms with Crippen molar-refractivity contribution in [2.24, 2.45) is 0 Å². The van der Waals surface area contributed by atoms with Crippen LogP contribution < -0.4 is 4.74 Å². The van der Waals surface area contributed by atoms with Crippen LogP contribution in [-0.2, 0) is 23.0 Å². The molecule has 1 aromatic heterocycles. The van der Waals surface area contributed by atoms with Gasteiger partial charge in [-0.1, -0.05) is 35.3 Å². The quantitative estimate of drug-likeness (QED) is 0.798. The van der Waals surface area contributed by atoms with Gasteiger partial charge in [-0.2, -0.15) is 0 Å². The Kier molecular flexibility index (Phi) is 6.03. The van der Waals surface area contributed by atoms with Gasteiger partial charge in [0, 0.05) is 22.7 Å². The van der Waals surface area contributed by atoms with Gasteiger partial charge in [0.25, 0.3) is 0 Å². The molecule has 1 atom stereocenters. The zero-order chi connectivity index (χ0) is 15.2. The first-order valence-corrected chi connectivity index (χ1v) is 8.60. The van der Waals surface area contributed by atoms with E-state index in [1.54, 1.807) is 13.2 Å². The first-order chi connectivity index (χ1) is 10.1. The summed E-state index contributed by atoms with van der Waals surface area (Å²) in [6.07, 6.45) is 2.26. The third kappa shape index (κ3) is 4.99. The second-order valence-electron chi connectivity index (χ2n) is 4.47. The van der Waals surface area contributed by atoms with Gasteiger partial charge in [-0.3, -0.25) is 9.19 Å². The van der Waals surface area contributed by atoms with Gasteiger partial charge < -0.3 is 4.74 Å². The van der Waals surface area contributed by atoms with Crippen molar-refractivity contribution in [2.75, 3.05) is 12.9 Å². The predicted molar refractivity (Wildman–Crippen MR) is 87.7 cm³/mol. The van der Waals surface area contributed by atoms with Crippen molar-refractivity contribution in [2.45, 2.75) is 12.2 Å². The molecule has 0 spiro atoms. The summed E-state index contributed by atoms with van der Waals surface area (Å²) >= 11 is 11.8. The van der Waals surface area contributed by atoms with E-state index in [0.29, 0.717) is 27.2 Å². The Bertz CT molecular complexity index is 632. The van der Waals surface area contributed by atoms with Crippen molar-refractivity contribution < 1.29 is 8.95 Å². The Morgan fingerprint density at radius 3 is 2.57 bits per heavy atom. The lowest BCUT2D eigenvalue weighted by molar-refractivity contribution is 0.414. The molecule has 3 nitrogen and oxygen atoms in total. The van der Waals surface area contributed by atoms with Crippen LogP contribution in [0.15, 0.2) is 36.5 Å². The Hall–Kier alpha value is -1.10. The molecule has 0 amide bonds. The number of hydrogen-bond acceptors (Lipinski definition) is 3. The molecule has 0 radical (unpaired) electrons. The Morgan fingerprint density at radius 2 is 1.95 bits per heavy atom. The Labute approximate surface area is 136 Å². The minimum absolute atomic E-state index is 0.339. The maximum Gasteiger partial charge on any atom is 0.118 e. The SMILES string of the molecule is COc1ccc(CCS(=O)Cc2ncc(Cl)cc2Cl)cc1. The van der Waals surface area contributed by atoms with E-state index in [-0.39, 0.29) is 0 Å². The fourth-order valence-electron chi connectivity index (χ4n) is 1.80. The molecule has 2 rings (SSSR count). The number of rotatable bonds is 6. The molecule has 1 aromatic carbocycles. The van der Waals surface area contributed by atoms with E-state index < -0.39 is 10.8 Å². The van der Waals surface area contributed by atoms with Crippen LogP contribution in [0.3, 0.4) is 0 Å². The van der Waals surface area contributed by atoms with Crippen LogP contribution in [0.25, 0.3) is 0 Å². The molecule has 1 heterocycles. The summed E-state index contributed by atoms with van der Waals surface area (Å²) < 4.78 is 17.2. The van der Waals surface area contributed by atoms with Gasteiger partial charge in [0.2, 0.25) is 0 Å².